The Hall–Kier alpha value is -0.780. The Kier molecular flexibility index (Phi) is 4.59. The summed E-state index contributed by atoms with van der Waals surface area (Å²) in [6.07, 6.45) is 0. The van der Waals surface area contributed by atoms with Gasteiger partial charge in [-0.25, -0.2) is 5.48 Å². The summed E-state index contributed by atoms with van der Waals surface area (Å²) in [6, 6.07) is 0. The van der Waals surface area contributed by atoms with Crippen LogP contribution >= 0.6 is 0 Å². The van der Waals surface area contributed by atoms with Crippen molar-refractivity contribution in [2.24, 2.45) is 0 Å². The Morgan fingerprint density at radius 3 is 2.85 bits per heavy atom. The van der Waals surface area contributed by atoms with Gasteiger partial charge in [0.1, 0.15) is 0 Å². The van der Waals surface area contributed by atoms with Crippen LogP contribution in [0.2, 0.25) is 0 Å². The van der Waals surface area contributed by atoms with E-state index < -0.39 is 0 Å². The lowest BCUT2D eigenvalue weighted by Gasteiger charge is -2.26. The van der Waals surface area contributed by atoms with Gasteiger partial charge in [0.05, 0.1) is 32.9 Å². The maximum Gasteiger partial charge on any atom is 0.228 e. The second-order valence-electron chi connectivity index (χ2n) is 2.59. The number of hydroxylamine groups is 3. The van der Waals surface area contributed by atoms with Gasteiger partial charge in [-0.3, -0.25) is 4.84 Å². The number of nitrogens with zero attached hydrogens (tertiary/aromatic N) is 1. The van der Waals surface area contributed by atoms with Crippen LogP contribution in [0, 0.1) is 0 Å². The highest BCUT2D eigenvalue weighted by molar-refractivity contribution is 4.73. The van der Waals surface area contributed by atoms with E-state index in [9.17, 15) is 0 Å². The van der Waals surface area contributed by atoms with E-state index in [0.29, 0.717) is 25.7 Å². The monoisotopic (exact) mass is 188 g/mol. The van der Waals surface area contributed by atoms with Gasteiger partial charge in [-0.1, -0.05) is 0 Å². The third kappa shape index (κ3) is 4.12. The summed E-state index contributed by atoms with van der Waals surface area (Å²) >= 11 is 0. The molecule has 0 spiro atoms. The molecule has 5 heteroatoms. The molecule has 13 heavy (non-hydrogen) atoms. The van der Waals surface area contributed by atoms with Crippen LogP contribution in [0.5, 0.6) is 0 Å². The van der Waals surface area contributed by atoms with Gasteiger partial charge < -0.3 is 9.57 Å². The highest BCUT2D eigenvalue weighted by Crippen LogP contribution is 2.01. The second kappa shape index (κ2) is 5.80. The minimum Gasteiger partial charge on any atom is -0.386 e. The molecule has 0 amide bonds. The van der Waals surface area contributed by atoms with E-state index in [1.165, 1.54) is 0 Å². The topological polar surface area (TPSA) is 43.0 Å². The Morgan fingerprint density at radius 1 is 1.54 bits per heavy atom. The van der Waals surface area contributed by atoms with Gasteiger partial charge in [0.15, 0.2) is 0 Å². The Morgan fingerprint density at radius 2 is 2.23 bits per heavy atom. The summed E-state index contributed by atoms with van der Waals surface area (Å²) in [4.78, 5) is 10.2. The van der Waals surface area contributed by atoms with Gasteiger partial charge in [-0.2, -0.15) is 0 Å². The minimum atomic E-state index is 0.406. The zero-order valence-corrected chi connectivity index (χ0v) is 7.91. The Balaban J connectivity index is 2.11. The Labute approximate surface area is 78.2 Å². The molecule has 0 saturated carbocycles. The number of hydrogen-bond acceptors (Lipinski definition) is 5. The van der Waals surface area contributed by atoms with Crippen molar-refractivity contribution in [2.75, 3.05) is 32.9 Å². The molecule has 1 fully saturated rings. The number of nitrogens with one attached hydrogen (secondary N) is 1. The SMILES string of the molecule is C=C(NOCC)ON1CCOCC1. The fourth-order valence-corrected chi connectivity index (χ4v) is 0.965. The van der Waals surface area contributed by atoms with Crippen molar-refractivity contribution in [1.29, 1.82) is 0 Å². The summed E-state index contributed by atoms with van der Waals surface area (Å²) in [5.74, 6) is 0.406. The first kappa shape index (κ1) is 10.3. The molecule has 0 aliphatic carbocycles. The van der Waals surface area contributed by atoms with Crippen LogP contribution in [-0.2, 0) is 14.4 Å². The molecule has 0 unspecified atom stereocenters. The van der Waals surface area contributed by atoms with Gasteiger partial charge >= 0.3 is 0 Å². The smallest absolute Gasteiger partial charge is 0.228 e. The van der Waals surface area contributed by atoms with Crippen LogP contribution in [0.3, 0.4) is 0 Å². The van der Waals surface area contributed by atoms with Crippen molar-refractivity contribution in [2.45, 2.75) is 6.92 Å². The van der Waals surface area contributed by atoms with Crippen molar-refractivity contribution >= 4 is 0 Å². The molecule has 0 atom stereocenters. The van der Waals surface area contributed by atoms with Gasteiger partial charge in [-0.15, -0.1) is 5.06 Å². The third-order valence-electron chi connectivity index (χ3n) is 1.54. The van der Waals surface area contributed by atoms with Crippen LogP contribution in [0.4, 0.5) is 0 Å². The molecule has 0 aromatic rings. The summed E-state index contributed by atoms with van der Waals surface area (Å²) in [5, 5.41) is 1.79. The van der Waals surface area contributed by atoms with E-state index in [0.717, 1.165) is 13.1 Å². The fourth-order valence-electron chi connectivity index (χ4n) is 0.965. The predicted molar refractivity (Wildman–Crippen MR) is 47.4 cm³/mol. The van der Waals surface area contributed by atoms with Crippen LogP contribution in [0.1, 0.15) is 6.92 Å². The fraction of sp³-hybridized carbons (Fsp3) is 0.750. The van der Waals surface area contributed by atoms with Crippen LogP contribution in [0.15, 0.2) is 12.5 Å². The van der Waals surface area contributed by atoms with E-state index in [4.69, 9.17) is 14.4 Å². The molecular weight excluding hydrogens is 172 g/mol. The van der Waals surface area contributed by atoms with Gasteiger partial charge in [0.25, 0.3) is 0 Å². The molecule has 1 rings (SSSR count). The van der Waals surface area contributed by atoms with Crippen LogP contribution in [0.25, 0.3) is 0 Å². The maximum atomic E-state index is 5.32. The van der Waals surface area contributed by atoms with Gasteiger partial charge in [0.2, 0.25) is 5.88 Å². The highest BCUT2D eigenvalue weighted by Gasteiger charge is 2.11. The standard InChI is InChI=1S/C8H16N2O3/c1-3-12-9-8(2)13-10-4-6-11-7-5-10/h9H,2-7H2,1H3. The van der Waals surface area contributed by atoms with Crippen LogP contribution < -0.4 is 5.48 Å². The van der Waals surface area contributed by atoms with E-state index in [-0.39, 0.29) is 0 Å². The van der Waals surface area contributed by atoms with Crippen molar-refractivity contribution < 1.29 is 14.4 Å². The lowest BCUT2D eigenvalue weighted by Crippen LogP contribution is -2.37. The van der Waals surface area contributed by atoms with Gasteiger partial charge in [-0.05, 0) is 13.5 Å². The van der Waals surface area contributed by atoms with E-state index in [1.807, 2.05) is 6.92 Å². The largest absolute Gasteiger partial charge is 0.386 e. The predicted octanol–water partition coefficient (Wildman–Crippen LogP) is 0.262. The van der Waals surface area contributed by atoms with E-state index in [2.05, 4.69) is 12.1 Å². The minimum absolute atomic E-state index is 0.406. The molecule has 0 aromatic carbocycles. The first-order chi connectivity index (χ1) is 6.33. The lowest BCUT2D eigenvalue weighted by atomic mass is 10.5. The first-order valence-corrected chi connectivity index (χ1v) is 4.40. The molecule has 76 valence electrons. The average molecular weight is 188 g/mol. The zero-order chi connectivity index (χ0) is 9.52. The Bertz CT molecular complexity index is 157. The van der Waals surface area contributed by atoms with E-state index in [1.54, 1.807) is 5.06 Å². The number of morpholine rings is 1. The number of ether oxygens (including phenoxy) is 1. The van der Waals surface area contributed by atoms with Crippen molar-refractivity contribution in [3.05, 3.63) is 12.5 Å². The lowest BCUT2D eigenvalue weighted by molar-refractivity contribution is -0.180. The van der Waals surface area contributed by atoms with Crippen molar-refractivity contribution in [1.82, 2.24) is 10.5 Å². The van der Waals surface area contributed by atoms with Crippen molar-refractivity contribution in [3.63, 3.8) is 0 Å². The quantitative estimate of drug-likeness (QED) is 0.495. The summed E-state index contributed by atoms with van der Waals surface area (Å²) in [6.45, 7) is 9.01. The number of rotatable bonds is 5. The highest BCUT2D eigenvalue weighted by atomic mass is 16.7. The van der Waals surface area contributed by atoms with Gasteiger partial charge in [0, 0.05) is 0 Å². The number of hydrogen-bond donors (Lipinski definition) is 1. The second-order valence-corrected chi connectivity index (χ2v) is 2.59. The molecule has 1 N–H and O–H groups in total. The first-order valence-electron chi connectivity index (χ1n) is 4.40. The van der Waals surface area contributed by atoms with Crippen molar-refractivity contribution in [3.8, 4) is 0 Å². The van der Waals surface area contributed by atoms with E-state index >= 15 is 0 Å². The molecule has 1 aliphatic rings. The molecular formula is C8H16N2O3. The zero-order valence-electron chi connectivity index (χ0n) is 7.91. The molecule has 1 saturated heterocycles. The maximum absolute atomic E-state index is 5.32. The molecule has 0 radical (unpaired) electrons. The average Bonchev–Trinajstić information content (AvgIpc) is 2.16. The molecule has 5 nitrogen and oxygen atoms in total. The summed E-state index contributed by atoms with van der Waals surface area (Å²) < 4.78 is 5.16. The molecule has 0 aromatic heterocycles. The summed E-state index contributed by atoms with van der Waals surface area (Å²) in [7, 11) is 0. The normalized spacial score (nSPS) is 18.2. The molecule has 1 aliphatic heterocycles. The molecule has 0 bridgehead atoms. The van der Waals surface area contributed by atoms with Crippen LogP contribution in [-0.4, -0.2) is 38.0 Å². The molecule has 1 heterocycles. The summed E-state index contributed by atoms with van der Waals surface area (Å²) in [5.41, 5.74) is 2.58. The third-order valence-corrected chi connectivity index (χ3v) is 1.54.